The van der Waals surface area contributed by atoms with Gasteiger partial charge in [-0.3, -0.25) is 0 Å². The van der Waals surface area contributed by atoms with Crippen LogP contribution in [-0.2, 0) is 5.41 Å². The SMILES string of the molecule is Cc1noc(C2(CN)CCCC2)c1C. The minimum Gasteiger partial charge on any atom is -0.360 e. The van der Waals surface area contributed by atoms with Crippen molar-refractivity contribution in [1.82, 2.24) is 5.16 Å². The van der Waals surface area contributed by atoms with Gasteiger partial charge in [0.25, 0.3) is 0 Å². The first kappa shape index (κ1) is 9.71. The summed E-state index contributed by atoms with van der Waals surface area (Å²) >= 11 is 0. The topological polar surface area (TPSA) is 52.0 Å². The molecule has 0 bridgehead atoms. The second-order valence-electron chi connectivity index (χ2n) is 4.41. The molecule has 1 aromatic heterocycles. The van der Waals surface area contributed by atoms with Crippen molar-refractivity contribution in [2.24, 2.45) is 5.73 Å². The highest BCUT2D eigenvalue weighted by Gasteiger charge is 2.39. The number of rotatable bonds is 2. The van der Waals surface area contributed by atoms with Crippen molar-refractivity contribution < 1.29 is 4.52 Å². The lowest BCUT2D eigenvalue weighted by Crippen LogP contribution is -2.32. The fraction of sp³-hybridized carbons (Fsp3) is 0.727. The van der Waals surface area contributed by atoms with E-state index in [1.807, 2.05) is 6.92 Å². The number of aryl methyl sites for hydroxylation is 1. The maximum absolute atomic E-state index is 5.89. The molecule has 0 aliphatic heterocycles. The van der Waals surface area contributed by atoms with Crippen LogP contribution in [0, 0.1) is 13.8 Å². The summed E-state index contributed by atoms with van der Waals surface area (Å²) in [6.45, 7) is 4.75. The standard InChI is InChI=1S/C11H18N2O/c1-8-9(2)13-14-10(8)11(7-12)5-3-4-6-11/h3-7,12H2,1-2H3. The lowest BCUT2D eigenvalue weighted by atomic mass is 9.81. The van der Waals surface area contributed by atoms with Crippen LogP contribution in [0.4, 0.5) is 0 Å². The molecule has 3 heteroatoms. The van der Waals surface area contributed by atoms with Gasteiger partial charge in [0.1, 0.15) is 5.76 Å². The van der Waals surface area contributed by atoms with Crippen molar-refractivity contribution in [2.45, 2.75) is 44.9 Å². The highest BCUT2D eigenvalue weighted by atomic mass is 16.5. The molecule has 3 nitrogen and oxygen atoms in total. The minimum absolute atomic E-state index is 0.0886. The van der Waals surface area contributed by atoms with Gasteiger partial charge in [0, 0.05) is 17.5 Å². The third kappa shape index (κ3) is 1.27. The van der Waals surface area contributed by atoms with Crippen LogP contribution >= 0.6 is 0 Å². The molecule has 1 fully saturated rings. The summed E-state index contributed by atoms with van der Waals surface area (Å²) in [7, 11) is 0. The molecule has 2 rings (SSSR count). The molecule has 2 N–H and O–H groups in total. The van der Waals surface area contributed by atoms with Gasteiger partial charge >= 0.3 is 0 Å². The van der Waals surface area contributed by atoms with E-state index in [0.29, 0.717) is 6.54 Å². The summed E-state index contributed by atoms with van der Waals surface area (Å²) in [4.78, 5) is 0. The zero-order valence-corrected chi connectivity index (χ0v) is 8.97. The Labute approximate surface area is 84.7 Å². The van der Waals surface area contributed by atoms with Gasteiger partial charge in [-0.1, -0.05) is 18.0 Å². The average molecular weight is 194 g/mol. The second kappa shape index (κ2) is 3.39. The van der Waals surface area contributed by atoms with Gasteiger partial charge in [-0.15, -0.1) is 0 Å². The van der Waals surface area contributed by atoms with Crippen LogP contribution in [0.5, 0.6) is 0 Å². The Kier molecular flexibility index (Phi) is 2.35. The Hall–Kier alpha value is -0.830. The zero-order chi connectivity index (χ0) is 10.2. The molecule has 14 heavy (non-hydrogen) atoms. The van der Waals surface area contributed by atoms with Crippen molar-refractivity contribution in [2.75, 3.05) is 6.54 Å². The predicted molar refractivity (Wildman–Crippen MR) is 55.2 cm³/mol. The van der Waals surface area contributed by atoms with Crippen LogP contribution in [0.2, 0.25) is 0 Å². The Morgan fingerprint density at radius 3 is 2.43 bits per heavy atom. The van der Waals surface area contributed by atoms with E-state index in [1.165, 1.54) is 18.4 Å². The predicted octanol–water partition coefficient (Wildman–Crippen LogP) is 2.06. The molecule has 78 valence electrons. The molecule has 0 amide bonds. The maximum atomic E-state index is 5.89. The Morgan fingerprint density at radius 2 is 2.00 bits per heavy atom. The van der Waals surface area contributed by atoms with E-state index in [0.717, 1.165) is 24.3 Å². The van der Waals surface area contributed by atoms with Gasteiger partial charge in [0.2, 0.25) is 0 Å². The van der Waals surface area contributed by atoms with Gasteiger partial charge in [-0.05, 0) is 26.7 Å². The number of nitrogens with zero attached hydrogens (tertiary/aromatic N) is 1. The molecule has 0 atom stereocenters. The number of hydrogen-bond donors (Lipinski definition) is 1. The molecular formula is C11H18N2O. The van der Waals surface area contributed by atoms with Gasteiger partial charge in [0.05, 0.1) is 5.69 Å². The highest BCUT2D eigenvalue weighted by Crippen LogP contribution is 2.41. The molecule has 0 unspecified atom stereocenters. The monoisotopic (exact) mass is 194 g/mol. The van der Waals surface area contributed by atoms with Crippen molar-refractivity contribution in [3.05, 3.63) is 17.0 Å². The number of aromatic nitrogens is 1. The summed E-state index contributed by atoms with van der Waals surface area (Å²) < 4.78 is 5.44. The third-order valence-corrected chi connectivity index (χ3v) is 3.59. The van der Waals surface area contributed by atoms with Crippen molar-refractivity contribution in [3.63, 3.8) is 0 Å². The van der Waals surface area contributed by atoms with E-state index >= 15 is 0 Å². The van der Waals surface area contributed by atoms with Crippen LogP contribution in [0.3, 0.4) is 0 Å². The minimum atomic E-state index is 0.0886. The third-order valence-electron chi connectivity index (χ3n) is 3.59. The molecule has 0 spiro atoms. The summed E-state index contributed by atoms with van der Waals surface area (Å²) in [5.74, 6) is 1.04. The van der Waals surface area contributed by atoms with E-state index in [9.17, 15) is 0 Å². The van der Waals surface area contributed by atoms with E-state index in [1.54, 1.807) is 0 Å². The van der Waals surface area contributed by atoms with Gasteiger partial charge in [-0.2, -0.15) is 0 Å². The first-order chi connectivity index (χ1) is 6.69. The molecule has 0 radical (unpaired) electrons. The molecule has 1 saturated carbocycles. The van der Waals surface area contributed by atoms with Gasteiger partial charge in [0.15, 0.2) is 0 Å². The summed E-state index contributed by atoms with van der Waals surface area (Å²) in [6, 6.07) is 0. The van der Waals surface area contributed by atoms with E-state index < -0.39 is 0 Å². The van der Waals surface area contributed by atoms with Crippen molar-refractivity contribution >= 4 is 0 Å². The Bertz CT molecular complexity index is 324. The van der Waals surface area contributed by atoms with Crippen molar-refractivity contribution in [1.29, 1.82) is 0 Å². The second-order valence-corrected chi connectivity index (χ2v) is 4.41. The van der Waals surface area contributed by atoms with E-state index in [4.69, 9.17) is 10.3 Å². The summed E-state index contributed by atoms with van der Waals surface area (Å²) in [5.41, 5.74) is 8.17. The quantitative estimate of drug-likeness (QED) is 0.784. The number of nitrogens with two attached hydrogens (primary N) is 1. The van der Waals surface area contributed by atoms with Crippen molar-refractivity contribution in [3.8, 4) is 0 Å². The highest BCUT2D eigenvalue weighted by molar-refractivity contribution is 5.28. The fourth-order valence-corrected chi connectivity index (χ4v) is 2.49. The molecule has 1 aliphatic rings. The number of hydrogen-bond acceptors (Lipinski definition) is 3. The lowest BCUT2D eigenvalue weighted by Gasteiger charge is -2.24. The molecule has 1 aliphatic carbocycles. The molecular weight excluding hydrogens is 176 g/mol. The molecule has 1 aromatic rings. The summed E-state index contributed by atoms with van der Waals surface area (Å²) in [5, 5.41) is 4.02. The first-order valence-corrected chi connectivity index (χ1v) is 5.33. The van der Waals surface area contributed by atoms with Gasteiger partial charge in [-0.25, -0.2) is 0 Å². The smallest absolute Gasteiger partial charge is 0.147 e. The Morgan fingerprint density at radius 1 is 1.36 bits per heavy atom. The maximum Gasteiger partial charge on any atom is 0.147 e. The van der Waals surface area contributed by atoms with E-state index in [2.05, 4.69) is 12.1 Å². The van der Waals surface area contributed by atoms with Crippen LogP contribution in [0.15, 0.2) is 4.52 Å². The summed E-state index contributed by atoms with van der Waals surface area (Å²) in [6.07, 6.45) is 4.82. The van der Waals surface area contributed by atoms with Crippen LogP contribution in [0.25, 0.3) is 0 Å². The van der Waals surface area contributed by atoms with Crippen LogP contribution in [-0.4, -0.2) is 11.7 Å². The van der Waals surface area contributed by atoms with Crippen LogP contribution < -0.4 is 5.73 Å². The normalized spacial score (nSPS) is 20.2. The van der Waals surface area contributed by atoms with Gasteiger partial charge < -0.3 is 10.3 Å². The Balaban J connectivity index is 2.40. The molecule has 0 saturated heterocycles. The average Bonchev–Trinajstić information content (AvgIpc) is 2.77. The fourth-order valence-electron chi connectivity index (χ4n) is 2.49. The zero-order valence-electron chi connectivity index (χ0n) is 8.97. The largest absolute Gasteiger partial charge is 0.360 e. The first-order valence-electron chi connectivity index (χ1n) is 5.33. The molecule has 1 heterocycles. The van der Waals surface area contributed by atoms with E-state index in [-0.39, 0.29) is 5.41 Å². The lowest BCUT2D eigenvalue weighted by molar-refractivity contribution is 0.291. The molecule has 0 aromatic carbocycles. The van der Waals surface area contributed by atoms with Crippen LogP contribution in [0.1, 0.15) is 42.7 Å².